The van der Waals surface area contributed by atoms with Gasteiger partial charge in [-0.25, -0.2) is 0 Å². The van der Waals surface area contributed by atoms with Crippen LogP contribution in [0.15, 0.2) is 0 Å². The first kappa shape index (κ1) is 14.8. The van der Waals surface area contributed by atoms with Crippen molar-refractivity contribution >= 4 is 11.6 Å². The molecule has 0 aromatic carbocycles. The Morgan fingerprint density at radius 2 is 2.21 bits per heavy atom. The quantitative estimate of drug-likeness (QED) is 0.899. The van der Waals surface area contributed by atoms with E-state index in [1.165, 1.54) is 25.9 Å². The molecule has 1 aromatic heterocycles. The summed E-state index contributed by atoms with van der Waals surface area (Å²) in [5, 5.41) is 8.81. The molecule has 0 amide bonds. The molecule has 108 valence electrons. The predicted octanol–water partition coefficient (Wildman–Crippen LogP) is 2.07. The van der Waals surface area contributed by atoms with E-state index < -0.39 is 0 Å². The average molecular weight is 285 g/mol. The summed E-state index contributed by atoms with van der Waals surface area (Å²) in [5.74, 6) is 0.761. The van der Waals surface area contributed by atoms with E-state index in [-0.39, 0.29) is 0 Å². The number of piperidine rings is 1. The maximum absolute atomic E-state index is 6.34. The molecular formula is C14H25ClN4. The highest BCUT2D eigenvalue weighted by Crippen LogP contribution is 2.21. The van der Waals surface area contributed by atoms with E-state index in [0.29, 0.717) is 0 Å². The number of halogens is 1. The van der Waals surface area contributed by atoms with Gasteiger partial charge in [0.05, 0.1) is 16.4 Å². The summed E-state index contributed by atoms with van der Waals surface area (Å²) in [4.78, 5) is 2.42. The number of hydrogen-bond donors (Lipinski definition) is 1. The average Bonchev–Trinajstić information content (AvgIpc) is 2.66. The van der Waals surface area contributed by atoms with Crippen molar-refractivity contribution in [3.8, 4) is 0 Å². The van der Waals surface area contributed by atoms with E-state index in [4.69, 9.17) is 11.6 Å². The molecule has 1 aliphatic heterocycles. The Morgan fingerprint density at radius 1 is 1.42 bits per heavy atom. The van der Waals surface area contributed by atoms with Crippen LogP contribution < -0.4 is 5.32 Å². The number of nitrogens with zero attached hydrogens (tertiary/aromatic N) is 3. The SMILES string of the molecule is CCc1nn(C)c(CNCC2CCCN(C)C2)c1Cl. The maximum atomic E-state index is 6.34. The molecule has 19 heavy (non-hydrogen) atoms. The molecule has 0 aliphatic carbocycles. The molecule has 1 saturated heterocycles. The van der Waals surface area contributed by atoms with Gasteiger partial charge in [0, 0.05) is 20.1 Å². The van der Waals surface area contributed by atoms with Gasteiger partial charge < -0.3 is 10.2 Å². The van der Waals surface area contributed by atoms with Crippen LogP contribution in [0.2, 0.25) is 5.02 Å². The molecule has 5 heteroatoms. The normalized spacial score (nSPS) is 20.9. The second kappa shape index (κ2) is 6.73. The molecule has 0 radical (unpaired) electrons. The summed E-state index contributed by atoms with van der Waals surface area (Å²) >= 11 is 6.34. The first-order valence-electron chi connectivity index (χ1n) is 7.21. The summed E-state index contributed by atoms with van der Waals surface area (Å²) in [6.45, 7) is 6.40. The highest BCUT2D eigenvalue weighted by molar-refractivity contribution is 6.31. The Labute approximate surface area is 121 Å². The molecule has 1 fully saturated rings. The lowest BCUT2D eigenvalue weighted by molar-refractivity contribution is 0.206. The fraction of sp³-hybridized carbons (Fsp3) is 0.786. The number of likely N-dealkylation sites (tertiary alicyclic amines) is 1. The minimum atomic E-state index is 0.761. The summed E-state index contributed by atoms with van der Waals surface area (Å²) in [6.07, 6.45) is 3.53. The molecule has 1 aromatic rings. The maximum Gasteiger partial charge on any atom is 0.0863 e. The first-order valence-corrected chi connectivity index (χ1v) is 7.59. The molecule has 0 saturated carbocycles. The third-order valence-electron chi connectivity index (χ3n) is 3.95. The van der Waals surface area contributed by atoms with Gasteiger partial charge in [0.2, 0.25) is 0 Å². The Bertz CT molecular complexity index is 416. The van der Waals surface area contributed by atoms with Crippen LogP contribution in [0.1, 0.15) is 31.2 Å². The van der Waals surface area contributed by atoms with Crippen LogP contribution in [0.4, 0.5) is 0 Å². The molecular weight excluding hydrogens is 260 g/mol. The van der Waals surface area contributed by atoms with Crippen molar-refractivity contribution < 1.29 is 0 Å². The molecule has 1 atom stereocenters. The van der Waals surface area contributed by atoms with E-state index >= 15 is 0 Å². The lowest BCUT2D eigenvalue weighted by Crippen LogP contribution is -2.37. The van der Waals surface area contributed by atoms with Crippen LogP contribution in [0.5, 0.6) is 0 Å². The lowest BCUT2D eigenvalue weighted by atomic mass is 9.98. The van der Waals surface area contributed by atoms with E-state index in [1.54, 1.807) is 0 Å². The van der Waals surface area contributed by atoms with Gasteiger partial charge in [-0.15, -0.1) is 0 Å². The summed E-state index contributed by atoms with van der Waals surface area (Å²) in [6, 6.07) is 0. The molecule has 2 heterocycles. The first-order chi connectivity index (χ1) is 9.11. The topological polar surface area (TPSA) is 33.1 Å². The molecule has 0 spiro atoms. The van der Waals surface area contributed by atoms with Crippen molar-refractivity contribution in [2.75, 3.05) is 26.7 Å². The highest BCUT2D eigenvalue weighted by atomic mass is 35.5. The summed E-state index contributed by atoms with van der Waals surface area (Å²) in [5.41, 5.74) is 2.10. The van der Waals surface area contributed by atoms with Gasteiger partial charge in [0.15, 0.2) is 0 Å². The van der Waals surface area contributed by atoms with Crippen LogP contribution in [0.3, 0.4) is 0 Å². The Hall–Kier alpha value is -0.580. The minimum Gasteiger partial charge on any atom is -0.311 e. The van der Waals surface area contributed by atoms with Gasteiger partial charge in [-0.1, -0.05) is 18.5 Å². The largest absolute Gasteiger partial charge is 0.311 e. The van der Waals surface area contributed by atoms with Crippen LogP contribution >= 0.6 is 11.6 Å². The van der Waals surface area contributed by atoms with Crippen molar-refractivity contribution in [1.82, 2.24) is 20.0 Å². The van der Waals surface area contributed by atoms with Crippen molar-refractivity contribution in [1.29, 1.82) is 0 Å². The Balaban J connectivity index is 1.84. The van der Waals surface area contributed by atoms with E-state index in [2.05, 4.69) is 29.3 Å². The molecule has 2 rings (SSSR count). The third-order valence-corrected chi connectivity index (χ3v) is 4.39. The fourth-order valence-electron chi connectivity index (χ4n) is 2.85. The Morgan fingerprint density at radius 3 is 2.84 bits per heavy atom. The van der Waals surface area contributed by atoms with E-state index in [0.717, 1.165) is 41.8 Å². The van der Waals surface area contributed by atoms with Gasteiger partial charge in [-0.3, -0.25) is 4.68 Å². The van der Waals surface area contributed by atoms with Crippen LogP contribution in [0.25, 0.3) is 0 Å². The van der Waals surface area contributed by atoms with Gasteiger partial charge >= 0.3 is 0 Å². The van der Waals surface area contributed by atoms with Crippen LogP contribution in [0, 0.1) is 5.92 Å². The smallest absolute Gasteiger partial charge is 0.0863 e. The van der Waals surface area contributed by atoms with Gasteiger partial charge in [0.25, 0.3) is 0 Å². The van der Waals surface area contributed by atoms with Crippen molar-refractivity contribution in [2.24, 2.45) is 13.0 Å². The Kier molecular flexibility index (Phi) is 5.25. The monoisotopic (exact) mass is 284 g/mol. The van der Waals surface area contributed by atoms with Gasteiger partial charge in [-0.05, 0) is 45.3 Å². The van der Waals surface area contributed by atoms with E-state index in [9.17, 15) is 0 Å². The zero-order chi connectivity index (χ0) is 13.8. The third kappa shape index (κ3) is 3.71. The van der Waals surface area contributed by atoms with E-state index in [1.807, 2.05) is 11.7 Å². The van der Waals surface area contributed by atoms with Crippen molar-refractivity contribution in [2.45, 2.75) is 32.7 Å². The zero-order valence-corrected chi connectivity index (χ0v) is 13.0. The lowest BCUT2D eigenvalue weighted by Gasteiger charge is -2.29. The molecule has 4 nitrogen and oxygen atoms in total. The van der Waals surface area contributed by atoms with Gasteiger partial charge in [0.1, 0.15) is 0 Å². The van der Waals surface area contributed by atoms with Crippen molar-refractivity contribution in [3.05, 3.63) is 16.4 Å². The number of hydrogen-bond acceptors (Lipinski definition) is 3. The summed E-state index contributed by atoms with van der Waals surface area (Å²) in [7, 11) is 4.17. The van der Waals surface area contributed by atoms with Crippen molar-refractivity contribution in [3.63, 3.8) is 0 Å². The zero-order valence-electron chi connectivity index (χ0n) is 12.2. The number of nitrogens with one attached hydrogen (secondary N) is 1. The van der Waals surface area contributed by atoms with Gasteiger partial charge in [-0.2, -0.15) is 5.10 Å². The second-order valence-electron chi connectivity index (χ2n) is 5.59. The predicted molar refractivity (Wildman–Crippen MR) is 79.5 cm³/mol. The van der Waals surface area contributed by atoms with Crippen LogP contribution in [-0.2, 0) is 20.0 Å². The van der Waals surface area contributed by atoms with Crippen LogP contribution in [-0.4, -0.2) is 41.4 Å². The molecule has 1 unspecified atom stereocenters. The second-order valence-corrected chi connectivity index (χ2v) is 5.96. The summed E-state index contributed by atoms with van der Waals surface area (Å²) < 4.78 is 1.90. The number of rotatable bonds is 5. The standard InChI is InChI=1S/C14H25ClN4/c1-4-12-14(15)13(19(3)17-12)9-16-8-11-6-5-7-18(2)10-11/h11,16H,4-10H2,1-3H3. The fourth-order valence-corrected chi connectivity index (χ4v) is 3.21. The molecule has 1 N–H and O–H groups in total. The molecule has 0 bridgehead atoms. The number of aromatic nitrogens is 2. The minimum absolute atomic E-state index is 0.761. The molecule has 1 aliphatic rings. The number of aryl methyl sites for hydroxylation is 2. The highest BCUT2D eigenvalue weighted by Gasteiger charge is 2.17.